The SMILES string of the molecule is CNC1COCC1C(=O)Nc1ccc(I)cc1C(=O)O. The molecule has 1 heterocycles. The van der Waals surface area contributed by atoms with Crippen molar-refractivity contribution >= 4 is 40.2 Å². The zero-order chi connectivity index (χ0) is 14.7. The molecule has 1 aliphatic rings. The number of aromatic carboxylic acids is 1. The van der Waals surface area contributed by atoms with E-state index in [4.69, 9.17) is 4.74 Å². The number of halogens is 1. The average molecular weight is 390 g/mol. The van der Waals surface area contributed by atoms with Gasteiger partial charge in [0.15, 0.2) is 0 Å². The molecule has 108 valence electrons. The summed E-state index contributed by atoms with van der Waals surface area (Å²) < 4.78 is 6.08. The maximum atomic E-state index is 12.2. The Balaban J connectivity index is 2.17. The van der Waals surface area contributed by atoms with Crippen molar-refractivity contribution in [2.45, 2.75) is 6.04 Å². The van der Waals surface area contributed by atoms with Crippen LogP contribution >= 0.6 is 22.6 Å². The monoisotopic (exact) mass is 390 g/mol. The predicted octanol–water partition coefficient (Wildman–Crippen LogP) is 1.16. The number of rotatable bonds is 4. The van der Waals surface area contributed by atoms with Crippen LogP contribution in [-0.2, 0) is 9.53 Å². The van der Waals surface area contributed by atoms with Crippen LogP contribution in [-0.4, -0.2) is 43.3 Å². The Morgan fingerprint density at radius 1 is 1.40 bits per heavy atom. The van der Waals surface area contributed by atoms with Gasteiger partial charge in [0.05, 0.1) is 30.4 Å². The Labute approximate surface area is 130 Å². The lowest BCUT2D eigenvalue weighted by atomic mass is 10.0. The van der Waals surface area contributed by atoms with Gasteiger partial charge in [-0.3, -0.25) is 4.79 Å². The summed E-state index contributed by atoms with van der Waals surface area (Å²) >= 11 is 2.03. The van der Waals surface area contributed by atoms with Crippen molar-refractivity contribution in [1.29, 1.82) is 0 Å². The molecule has 2 unspecified atom stereocenters. The number of hydrogen-bond acceptors (Lipinski definition) is 4. The van der Waals surface area contributed by atoms with Crippen molar-refractivity contribution < 1.29 is 19.4 Å². The van der Waals surface area contributed by atoms with Gasteiger partial charge >= 0.3 is 5.97 Å². The molecule has 3 N–H and O–H groups in total. The van der Waals surface area contributed by atoms with Gasteiger partial charge in [-0.1, -0.05) is 0 Å². The van der Waals surface area contributed by atoms with Crippen molar-refractivity contribution in [3.05, 3.63) is 27.3 Å². The van der Waals surface area contributed by atoms with Crippen molar-refractivity contribution in [2.75, 3.05) is 25.6 Å². The quantitative estimate of drug-likeness (QED) is 0.672. The van der Waals surface area contributed by atoms with Gasteiger partial charge in [-0.05, 0) is 47.8 Å². The highest BCUT2D eigenvalue weighted by Crippen LogP contribution is 2.21. The number of carboxylic acids is 1. The molecule has 6 nitrogen and oxygen atoms in total. The first-order chi connectivity index (χ1) is 9.52. The second-order valence-corrected chi connectivity index (χ2v) is 5.77. The molecule has 0 spiro atoms. The molecule has 2 rings (SSSR count). The van der Waals surface area contributed by atoms with Crippen molar-refractivity contribution in [3.8, 4) is 0 Å². The summed E-state index contributed by atoms with van der Waals surface area (Å²) in [6, 6.07) is 4.84. The molecule has 1 saturated heterocycles. The number of likely N-dealkylation sites (N-methyl/N-ethyl adjacent to an activating group) is 1. The lowest BCUT2D eigenvalue weighted by Gasteiger charge is -2.17. The van der Waals surface area contributed by atoms with Crippen molar-refractivity contribution in [2.24, 2.45) is 5.92 Å². The molecule has 0 bridgehead atoms. The van der Waals surface area contributed by atoms with Crippen LogP contribution in [0.25, 0.3) is 0 Å². The maximum absolute atomic E-state index is 12.2. The summed E-state index contributed by atoms with van der Waals surface area (Å²) in [6.07, 6.45) is 0. The molecular weight excluding hydrogens is 375 g/mol. The lowest BCUT2D eigenvalue weighted by Crippen LogP contribution is -2.39. The van der Waals surface area contributed by atoms with E-state index in [1.165, 1.54) is 6.07 Å². The normalized spacial score (nSPS) is 21.7. The zero-order valence-corrected chi connectivity index (χ0v) is 13.0. The van der Waals surface area contributed by atoms with Gasteiger partial charge in [-0.25, -0.2) is 4.79 Å². The third-order valence-corrected chi connectivity index (χ3v) is 3.93. The molecule has 1 aromatic rings. The van der Waals surface area contributed by atoms with E-state index in [2.05, 4.69) is 10.6 Å². The number of carboxylic acid groups (broad SMARTS) is 1. The molecule has 0 aliphatic carbocycles. The number of carbonyl (C=O) groups is 2. The first kappa shape index (κ1) is 15.2. The molecule has 0 aromatic heterocycles. The van der Waals surface area contributed by atoms with Crippen LogP contribution in [0.2, 0.25) is 0 Å². The first-order valence-corrected chi connectivity index (χ1v) is 7.19. The Bertz CT molecular complexity index is 535. The minimum absolute atomic E-state index is 0.0490. The zero-order valence-electron chi connectivity index (χ0n) is 10.9. The lowest BCUT2D eigenvalue weighted by molar-refractivity contribution is -0.120. The van der Waals surface area contributed by atoms with Crippen LogP contribution in [0, 0.1) is 9.49 Å². The number of anilines is 1. The molecule has 0 saturated carbocycles. The average Bonchev–Trinajstić information content (AvgIpc) is 2.89. The van der Waals surface area contributed by atoms with Gasteiger partial charge in [0.25, 0.3) is 0 Å². The Hall–Kier alpha value is -1.19. The van der Waals surface area contributed by atoms with Crippen LogP contribution < -0.4 is 10.6 Å². The van der Waals surface area contributed by atoms with Gasteiger partial charge in [0.2, 0.25) is 5.91 Å². The van der Waals surface area contributed by atoms with Gasteiger partial charge in [0.1, 0.15) is 0 Å². The summed E-state index contributed by atoms with van der Waals surface area (Å²) in [5.74, 6) is -1.61. The van der Waals surface area contributed by atoms with Crippen LogP contribution in [0.15, 0.2) is 18.2 Å². The molecule has 7 heteroatoms. The Morgan fingerprint density at radius 2 is 2.15 bits per heavy atom. The van der Waals surface area contributed by atoms with Crippen LogP contribution in [0.4, 0.5) is 5.69 Å². The molecule has 0 radical (unpaired) electrons. The van der Waals surface area contributed by atoms with E-state index < -0.39 is 5.97 Å². The van der Waals surface area contributed by atoms with E-state index in [9.17, 15) is 14.7 Å². The smallest absolute Gasteiger partial charge is 0.337 e. The molecule has 1 aliphatic heterocycles. The van der Waals surface area contributed by atoms with E-state index in [0.29, 0.717) is 18.9 Å². The molecular formula is C13H15IN2O4. The second kappa shape index (κ2) is 6.51. The number of carbonyl (C=O) groups excluding carboxylic acids is 1. The maximum Gasteiger partial charge on any atom is 0.337 e. The predicted molar refractivity (Wildman–Crippen MR) is 81.9 cm³/mol. The van der Waals surface area contributed by atoms with E-state index in [-0.39, 0.29) is 23.4 Å². The fourth-order valence-corrected chi connectivity index (χ4v) is 2.62. The third kappa shape index (κ3) is 3.28. The third-order valence-electron chi connectivity index (χ3n) is 3.26. The number of ether oxygens (including phenoxy) is 1. The van der Waals surface area contributed by atoms with Crippen molar-refractivity contribution in [3.63, 3.8) is 0 Å². The Kier molecular flexibility index (Phi) is 4.95. The van der Waals surface area contributed by atoms with Crippen LogP contribution in [0.3, 0.4) is 0 Å². The van der Waals surface area contributed by atoms with Crippen molar-refractivity contribution in [1.82, 2.24) is 5.32 Å². The van der Waals surface area contributed by atoms with E-state index in [1.54, 1.807) is 19.2 Å². The second-order valence-electron chi connectivity index (χ2n) is 4.52. The largest absolute Gasteiger partial charge is 0.478 e. The van der Waals surface area contributed by atoms with Gasteiger partial charge in [-0.2, -0.15) is 0 Å². The summed E-state index contributed by atoms with van der Waals surface area (Å²) in [4.78, 5) is 23.4. The highest BCUT2D eigenvalue weighted by atomic mass is 127. The summed E-state index contributed by atoms with van der Waals surface area (Å²) in [5.41, 5.74) is 0.398. The molecule has 1 fully saturated rings. The molecule has 20 heavy (non-hydrogen) atoms. The summed E-state index contributed by atoms with van der Waals surface area (Å²) in [7, 11) is 1.77. The highest BCUT2D eigenvalue weighted by molar-refractivity contribution is 14.1. The van der Waals surface area contributed by atoms with Gasteiger partial charge in [0, 0.05) is 9.61 Å². The van der Waals surface area contributed by atoms with Crippen LogP contribution in [0.1, 0.15) is 10.4 Å². The fraction of sp³-hybridized carbons (Fsp3) is 0.385. The van der Waals surface area contributed by atoms with Crippen LogP contribution in [0.5, 0.6) is 0 Å². The van der Waals surface area contributed by atoms with Gasteiger partial charge < -0.3 is 20.5 Å². The van der Waals surface area contributed by atoms with Gasteiger partial charge in [-0.15, -0.1) is 0 Å². The topological polar surface area (TPSA) is 87.7 Å². The highest BCUT2D eigenvalue weighted by Gasteiger charge is 2.33. The number of benzene rings is 1. The number of amides is 1. The van der Waals surface area contributed by atoms with E-state index >= 15 is 0 Å². The minimum atomic E-state index is -1.06. The fourth-order valence-electron chi connectivity index (χ4n) is 2.13. The number of nitrogens with one attached hydrogen (secondary N) is 2. The molecule has 1 aromatic carbocycles. The van der Waals surface area contributed by atoms with E-state index in [1.807, 2.05) is 22.6 Å². The minimum Gasteiger partial charge on any atom is -0.478 e. The first-order valence-electron chi connectivity index (χ1n) is 6.11. The summed E-state index contributed by atoms with van der Waals surface area (Å²) in [6.45, 7) is 0.817. The van der Waals surface area contributed by atoms with E-state index in [0.717, 1.165) is 3.57 Å². The number of hydrogen-bond donors (Lipinski definition) is 3. The summed E-state index contributed by atoms with van der Waals surface area (Å²) in [5, 5.41) is 14.9. The molecule has 1 amide bonds. The molecule has 2 atom stereocenters. The standard InChI is InChI=1S/C13H15IN2O4/c1-15-11-6-20-5-9(11)12(17)16-10-3-2-7(14)4-8(10)13(18)19/h2-4,9,11,15H,5-6H2,1H3,(H,16,17)(H,18,19). The Morgan fingerprint density at radius 3 is 2.80 bits per heavy atom.